The molecule has 0 amide bonds. The number of alkyl halides is 5. The topological polar surface area (TPSA) is 68.2 Å². The standard InChI is InChI=1S/C33H40F5NO5/c1-42-26-11-12-28(22-13-15-39(16-14-22)20-32(34,35)33(36,37)38)30(18-26)44-25-9-7-24(8-10-25)43-27-4-2-3-23(17-27)29(19-31(40)41)21-5-6-21/h2-4,11-12,17-18,21-22,24-25,29H,5-10,13-16,19-20H2,1H3,(H,40,41). The molecule has 1 unspecified atom stereocenters. The Kier molecular flexibility index (Phi) is 9.92. The number of likely N-dealkylation sites (tertiary alicyclic amines) is 1. The minimum atomic E-state index is -5.56. The third kappa shape index (κ3) is 8.14. The van der Waals surface area contributed by atoms with E-state index in [0.717, 1.165) is 55.4 Å². The maximum atomic E-state index is 13.6. The molecule has 0 radical (unpaired) electrons. The van der Waals surface area contributed by atoms with Gasteiger partial charge in [0.2, 0.25) is 0 Å². The molecule has 3 fully saturated rings. The quantitative estimate of drug-likeness (QED) is 0.243. The first-order chi connectivity index (χ1) is 20.9. The summed E-state index contributed by atoms with van der Waals surface area (Å²) in [5.41, 5.74) is 1.92. The number of halogens is 5. The lowest BCUT2D eigenvalue weighted by atomic mass is 9.88. The zero-order valence-electron chi connectivity index (χ0n) is 24.8. The third-order valence-corrected chi connectivity index (χ3v) is 9.17. The summed E-state index contributed by atoms with van der Waals surface area (Å²) >= 11 is 0. The number of ether oxygens (including phenoxy) is 3. The summed E-state index contributed by atoms with van der Waals surface area (Å²) in [5.74, 6) is -3.11. The summed E-state index contributed by atoms with van der Waals surface area (Å²) in [6, 6.07) is 13.3. The van der Waals surface area contributed by atoms with Crippen molar-refractivity contribution < 1.29 is 46.1 Å². The Morgan fingerprint density at radius 2 is 1.55 bits per heavy atom. The average molecular weight is 626 g/mol. The van der Waals surface area contributed by atoms with Crippen LogP contribution in [-0.4, -0.2) is 67.0 Å². The molecule has 2 saturated carbocycles. The van der Waals surface area contributed by atoms with E-state index in [0.29, 0.717) is 30.3 Å². The Balaban J connectivity index is 1.16. The van der Waals surface area contributed by atoms with Gasteiger partial charge in [0.15, 0.2) is 0 Å². The Morgan fingerprint density at radius 3 is 2.14 bits per heavy atom. The molecular weight excluding hydrogens is 585 g/mol. The van der Waals surface area contributed by atoms with Gasteiger partial charge in [0.05, 0.1) is 32.3 Å². The molecule has 6 nitrogen and oxygen atoms in total. The summed E-state index contributed by atoms with van der Waals surface area (Å²) in [7, 11) is 1.56. The van der Waals surface area contributed by atoms with Crippen LogP contribution >= 0.6 is 0 Å². The second-order valence-electron chi connectivity index (χ2n) is 12.4. The molecular formula is C33H40F5NO5. The molecule has 0 spiro atoms. The molecule has 0 aromatic heterocycles. The van der Waals surface area contributed by atoms with Crippen LogP contribution in [0.4, 0.5) is 22.0 Å². The molecule has 11 heteroatoms. The lowest BCUT2D eigenvalue weighted by molar-refractivity contribution is -0.287. The third-order valence-electron chi connectivity index (χ3n) is 9.17. The predicted octanol–water partition coefficient (Wildman–Crippen LogP) is 7.81. The van der Waals surface area contributed by atoms with Crippen LogP contribution in [0.2, 0.25) is 0 Å². The van der Waals surface area contributed by atoms with Gasteiger partial charge in [-0.3, -0.25) is 9.69 Å². The van der Waals surface area contributed by atoms with Gasteiger partial charge in [-0.15, -0.1) is 0 Å². The number of nitrogens with zero attached hydrogens (tertiary/aromatic N) is 1. The smallest absolute Gasteiger partial charge is 0.454 e. The molecule has 2 aromatic carbocycles. The van der Waals surface area contributed by atoms with E-state index in [1.807, 2.05) is 42.5 Å². The van der Waals surface area contributed by atoms with E-state index in [1.165, 1.54) is 4.90 Å². The fraction of sp³-hybridized carbons (Fsp3) is 0.606. The fourth-order valence-electron chi connectivity index (χ4n) is 6.56. The van der Waals surface area contributed by atoms with Crippen molar-refractivity contribution in [2.24, 2.45) is 5.92 Å². The predicted molar refractivity (Wildman–Crippen MR) is 154 cm³/mol. The minimum absolute atomic E-state index is 0.00492. The van der Waals surface area contributed by atoms with Crippen LogP contribution in [0.25, 0.3) is 0 Å². The van der Waals surface area contributed by atoms with Crippen molar-refractivity contribution in [2.75, 3.05) is 26.7 Å². The Bertz CT molecular complexity index is 1270. The van der Waals surface area contributed by atoms with Gasteiger partial charge in [0.25, 0.3) is 0 Å². The second kappa shape index (κ2) is 13.5. The average Bonchev–Trinajstić information content (AvgIpc) is 3.82. The van der Waals surface area contributed by atoms with E-state index < -0.39 is 24.6 Å². The van der Waals surface area contributed by atoms with E-state index in [1.54, 1.807) is 7.11 Å². The van der Waals surface area contributed by atoms with Crippen LogP contribution in [0.15, 0.2) is 42.5 Å². The van der Waals surface area contributed by atoms with Crippen LogP contribution in [0.1, 0.15) is 80.8 Å². The molecule has 2 aliphatic carbocycles. The Labute approximate surface area is 254 Å². The lowest BCUT2D eigenvalue weighted by Gasteiger charge is -2.36. The molecule has 1 N–H and O–H groups in total. The SMILES string of the molecule is COc1ccc(C2CCN(CC(F)(F)C(F)(F)F)CC2)c(OC2CCC(Oc3cccc(C(CC(=O)O)C4CC4)c3)CC2)c1. The Morgan fingerprint density at radius 1 is 0.886 bits per heavy atom. The van der Waals surface area contributed by atoms with E-state index in [9.17, 15) is 31.9 Å². The normalized spacial score (nSPS) is 22.8. The minimum Gasteiger partial charge on any atom is -0.497 e. The van der Waals surface area contributed by atoms with E-state index in [4.69, 9.17) is 14.2 Å². The first-order valence-electron chi connectivity index (χ1n) is 15.4. The molecule has 2 aromatic rings. The fourth-order valence-corrected chi connectivity index (χ4v) is 6.56. The summed E-state index contributed by atoms with van der Waals surface area (Å²) in [5, 5.41) is 9.36. The molecule has 0 bridgehead atoms. The number of piperidine rings is 1. The summed E-state index contributed by atoms with van der Waals surface area (Å²) in [4.78, 5) is 12.6. The maximum Gasteiger partial charge on any atom is 0.454 e. The first-order valence-corrected chi connectivity index (χ1v) is 15.4. The molecule has 44 heavy (non-hydrogen) atoms. The van der Waals surface area contributed by atoms with Crippen molar-refractivity contribution in [3.63, 3.8) is 0 Å². The molecule has 1 atom stereocenters. The zero-order chi connectivity index (χ0) is 31.5. The van der Waals surface area contributed by atoms with Crippen LogP contribution < -0.4 is 14.2 Å². The van der Waals surface area contributed by atoms with Gasteiger partial charge < -0.3 is 19.3 Å². The molecule has 1 heterocycles. The monoisotopic (exact) mass is 625 g/mol. The highest BCUT2D eigenvalue weighted by Crippen LogP contribution is 2.45. The Hall–Kier alpha value is -3.08. The highest BCUT2D eigenvalue weighted by molar-refractivity contribution is 5.68. The van der Waals surface area contributed by atoms with E-state index in [-0.39, 0.29) is 43.6 Å². The number of carboxylic acid groups (broad SMARTS) is 1. The molecule has 5 rings (SSSR count). The summed E-state index contributed by atoms with van der Waals surface area (Å²) < 4.78 is 83.5. The van der Waals surface area contributed by atoms with Crippen molar-refractivity contribution in [1.82, 2.24) is 4.90 Å². The highest BCUT2D eigenvalue weighted by Gasteiger charge is 2.58. The van der Waals surface area contributed by atoms with Gasteiger partial charge in [0, 0.05) is 6.07 Å². The second-order valence-corrected chi connectivity index (χ2v) is 12.4. The number of rotatable bonds is 12. The first kappa shape index (κ1) is 32.3. The van der Waals surface area contributed by atoms with Crippen LogP contribution in [0, 0.1) is 5.92 Å². The molecule has 1 saturated heterocycles. The van der Waals surface area contributed by atoms with Gasteiger partial charge in [-0.2, -0.15) is 22.0 Å². The van der Waals surface area contributed by atoms with Crippen molar-refractivity contribution in [1.29, 1.82) is 0 Å². The number of carboxylic acids is 1. The largest absolute Gasteiger partial charge is 0.497 e. The van der Waals surface area contributed by atoms with Crippen molar-refractivity contribution in [3.8, 4) is 17.2 Å². The van der Waals surface area contributed by atoms with E-state index in [2.05, 4.69) is 0 Å². The van der Waals surface area contributed by atoms with Gasteiger partial charge in [-0.25, -0.2) is 0 Å². The molecule has 242 valence electrons. The van der Waals surface area contributed by atoms with Gasteiger partial charge in [-0.1, -0.05) is 18.2 Å². The lowest BCUT2D eigenvalue weighted by Crippen LogP contribution is -2.48. The highest BCUT2D eigenvalue weighted by atomic mass is 19.4. The zero-order valence-corrected chi connectivity index (χ0v) is 24.8. The van der Waals surface area contributed by atoms with Crippen LogP contribution in [0.3, 0.4) is 0 Å². The van der Waals surface area contributed by atoms with E-state index >= 15 is 0 Å². The summed E-state index contributed by atoms with van der Waals surface area (Å²) in [6.45, 7) is -1.04. The van der Waals surface area contributed by atoms with Crippen LogP contribution in [0.5, 0.6) is 17.2 Å². The number of methoxy groups -OCH3 is 1. The number of benzene rings is 2. The number of hydrogen-bond donors (Lipinski definition) is 1. The maximum absolute atomic E-state index is 13.6. The molecule has 1 aliphatic heterocycles. The number of hydrogen-bond acceptors (Lipinski definition) is 5. The van der Waals surface area contributed by atoms with Gasteiger partial charge in [0.1, 0.15) is 17.2 Å². The van der Waals surface area contributed by atoms with Gasteiger partial charge >= 0.3 is 18.1 Å². The van der Waals surface area contributed by atoms with Gasteiger partial charge in [-0.05, 0) is 112 Å². The summed E-state index contributed by atoms with van der Waals surface area (Å²) in [6.07, 6.45) is 0.596. The molecule has 3 aliphatic rings. The van der Waals surface area contributed by atoms with Crippen molar-refractivity contribution >= 4 is 5.97 Å². The number of carbonyl (C=O) groups is 1. The van der Waals surface area contributed by atoms with Crippen molar-refractivity contribution in [3.05, 3.63) is 53.6 Å². The van der Waals surface area contributed by atoms with Crippen LogP contribution in [-0.2, 0) is 4.79 Å². The van der Waals surface area contributed by atoms with Crippen molar-refractivity contribution in [2.45, 2.75) is 93.9 Å². The number of aliphatic carboxylic acids is 1.